The molecular weight excluding hydrogens is 266 g/mol. The number of hydrogen-bond donors (Lipinski definition) is 1. The van der Waals surface area contributed by atoms with Crippen molar-refractivity contribution < 1.29 is 9.47 Å². The molecule has 2 atom stereocenters. The van der Waals surface area contributed by atoms with Crippen molar-refractivity contribution in [3.05, 3.63) is 48.0 Å². The Morgan fingerprint density at radius 2 is 2.19 bits per heavy atom. The van der Waals surface area contributed by atoms with Crippen molar-refractivity contribution in [2.24, 2.45) is 0 Å². The third-order valence-corrected chi connectivity index (χ3v) is 3.97. The highest BCUT2D eigenvalue weighted by Gasteiger charge is 2.22. The van der Waals surface area contributed by atoms with Gasteiger partial charge in [-0.15, -0.1) is 0 Å². The molecule has 1 saturated heterocycles. The fourth-order valence-electron chi connectivity index (χ4n) is 2.69. The molecule has 2 aromatic rings. The second-order valence-corrected chi connectivity index (χ2v) is 5.24. The number of morpholine rings is 1. The Labute approximate surface area is 124 Å². The predicted octanol–water partition coefficient (Wildman–Crippen LogP) is 2.16. The van der Waals surface area contributed by atoms with Crippen LogP contribution in [0.25, 0.3) is 0 Å². The minimum atomic E-state index is 0.0712. The minimum Gasteiger partial charge on any atom is -0.497 e. The average molecular weight is 287 g/mol. The number of rotatable bonds is 4. The molecule has 5 heteroatoms. The summed E-state index contributed by atoms with van der Waals surface area (Å²) >= 11 is 0. The summed E-state index contributed by atoms with van der Waals surface area (Å²) in [5, 5.41) is 3.36. The Hall–Kier alpha value is -1.85. The number of nitrogens with zero attached hydrogens (tertiary/aromatic N) is 2. The van der Waals surface area contributed by atoms with E-state index in [1.165, 1.54) is 5.56 Å². The Balaban J connectivity index is 1.83. The van der Waals surface area contributed by atoms with Crippen molar-refractivity contribution in [3.8, 4) is 5.75 Å². The molecule has 0 bridgehead atoms. The second-order valence-electron chi connectivity index (χ2n) is 5.24. The maximum absolute atomic E-state index is 5.84. The van der Waals surface area contributed by atoms with E-state index in [1.54, 1.807) is 7.11 Å². The highest BCUT2D eigenvalue weighted by molar-refractivity contribution is 5.29. The molecule has 0 spiro atoms. The van der Waals surface area contributed by atoms with Crippen LogP contribution in [0.1, 0.15) is 30.3 Å². The molecule has 1 N–H and O–H groups in total. The van der Waals surface area contributed by atoms with Crippen LogP contribution in [0.4, 0.5) is 0 Å². The minimum absolute atomic E-state index is 0.0712. The largest absolute Gasteiger partial charge is 0.497 e. The summed E-state index contributed by atoms with van der Waals surface area (Å²) in [6, 6.07) is 8.36. The van der Waals surface area contributed by atoms with E-state index in [2.05, 4.69) is 33.9 Å². The molecule has 0 aliphatic carbocycles. The summed E-state index contributed by atoms with van der Waals surface area (Å²) in [5.74, 6) is 0.872. The van der Waals surface area contributed by atoms with Crippen LogP contribution in [0, 0.1) is 0 Å². The summed E-state index contributed by atoms with van der Waals surface area (Å²) in [5.41, 5.74) is 2.34. The van der Waals surface area contributed by atoms with E-state index in [-0.39, 0.29) is 12.1 Å². The summed E-state index contributed by atoms with van der Waals surface area (Å²) in [7, 11) is 1.68. The van der Waals surface area contributed by atoms with Gasteiger partial charge in [-0.1, -0.05) is 12.1 Å². The van der Waals surface area contributed by atoms with Crippen LogP contribution in [0.15, 0.2) is 36.8 Å². The lowest BCUT2D eigenvalue weighted by Crippen LogP contribution is -2.34. The molecule has 5 nitrogen and oxygen atoms in total. The third kappa shape index (κ3) is 2.94. The zero-order valence-corrected chi connectivity index (χ0v) is 12.5. The number of nitrogens with one attached hydrogen (secondary N) is 1. The zero-order chi connectivity index (χ0) is 14.7. The summed E-state index contributed by atoms with van der Waals surface area (Å²) < 4.78 is 13.2. The lowest BCUT2D eigenvalue weighted by Gasteiger charge is -2.26. The number of ether oxygens (including phenoxy) is 2. The second kappa shape index (κ2) is 6.28. The van der Waals surface area contributed by atoms with Gasteiger partial charge in [-0.05, 0) is 24.6 Å². The smallest absolute Gasteiger partial charge is 0.118 e. The molecule has 0 amide bonds. The first-order chi connectivity index (χ1) is 10.3. The van der Waals surface area contributed by atoms with Crippen LogP contribution in [0.2, 0.25) is 0 Å². The monoisotopic (exact) mass is 287 g/mol. The van der Waals surface area contributed by atoms with Crippen molar-refractivity contribution in [2.45, 2.75) is 19.1 Å². The van der Waals surface area contributed by atoms with Gasteiger partial charge in [0.2, 0.25) is 0 Å². The van der Waals surface area contributed by atoms with Gasteiger partial charge in [0.05, 0.1) is 38.0 Å². The van der Waals surface area contributed by atoms with E-state index in [9.17, 15) is 0 Å². The molecule has 0 saturated carbocycles. The van der Waals surface area contributed by atoms with Gasteiger partial charge in [-0.2, -0.15) is 0 Å². The van der Waals surface area contributed by atoms with Crippen molar-refractivity contribution >= 4 is 0 Å². The first-order valence-corrected chi connectivity index (χ1v) is 7.27. The first-order valence-electron chi connectivity index (χ1n) is 7.27. The van der Waals surface area contributed by atoms with E-state index >= 15 is 0 Å². The maximum Gasteiger partial charge on any atom is 0.118 e. The molecule has 21 heavy (non-hydrogen) atoms. The lowest BCUT2D eigenvalue weighted by atomic mass is 10.1. The fourth-order valence-corrected chi connectivity index (χ4v) is 2.69. The van der Waals surface area contributed by atoms with Crippen LogP contribution in [-0.2, 0) is 4.74 Å². The number of aromatic nitrogens is 2. The molecule has 1 fully saturated rings. The Bertz CT molecular complexity index is 573. The normalized spacial score (nSPS) is 20.2. The fraction of sp³-hybridized carbons (Fsp3) is 0.438. The number of methoxy groups -OCH3 is 1. The maximum atomic E-state index is 5.84. The summed E-state index contributed by atoms with van der Waals surface area (Å²) in [6.07, 6.45) is 3.85. The van der Waals surface area contributed by atoms with Gasteiger partial charge in [0.1, 0.15) is 11.9 Å². The van der Waals surface area contributed by atoms with E-state index in [0.29, 0.717) is 0 Å². The van der Waals surface area contributed by atoms with Gasteiger partial charge in [0.15, 0.2) is 0 Å². The van der Waals surface area contributed by atoms with Crippen LogP contribution in [0.3, 0.4) is 0 Å². The number of benzene rings is 1. The van der Waals surface area contributed by atoms with Gasteiger partial charge in [0, 0.05) is 13.1 Å². The van der Waals surface area contributed by atoms with Crippen LogP contribution < -0.4 is 10.1 Å². The van der Waals surface area contributed by atoms with Crippen LogP contribution >= 0.6 is 0 Å². The molecule has 1 aliphatic rings. The molecule has 2 unspecified atom stereocenters. The molecule has 1 aliphatic heterocycles. The van der Waals surface area contributed by atoms with Crippen LogP contribution in [0.5, 0.6) is 5.75 Å². The Morgan fingerprint density at radius 3 is 2.86 bits per heavy atom. The number of imidazole rings is 1. The van der Waals surface area contributed by atoms with E-state index in [1.807, 2.05) is 24.7 Å². The van der Waals surface area contributed by atoms with Crippen molar-refractivity contribution in [1.82, 2.24) is 14.9 Å². The van der Waals surface area contributed by atoms with Crippen molar-refractivity contribution in [1.29, 1.82) is 0 Å². The van der Waals surface area contributed by atoms with Gasteiger partial charge in [-0.3, -0.25) is 0 Å². The van der Waals surface area contributed by atoms with Gasteiger partial charge in [0.25, 0.3) is 0 Å². The third-order valence-electron chi connectivity index (χ3n) is 3.97. The molecule has 1 aromatic carbocycles. The highest BCUT2D eigenvalue weighted by atomic mass is 16.5. The van der Waals surface area contributed by atoms with Crippen molar-refractivity contribution in [3.63, 3.8) is 0 Å². The molecule has 2 heterocycles. The molecule has 1 aromatic heterocycles. The van der Waals surface area contributed by atoms with Crippen LogP contribution in [-0.4, -0.2) is 36.4 Å². The molecule has 112 valence electrons. The lowest BCUT2D eigenvalue weighted by molar-refractivity contribution is 0.0224. The first kappa shape index (κ1) is 14.1. The van der Waals surface area contributed by atoms with E-state index in [0.717, 1.165) is 31.1 Å². The standard InChI is InChI=1S/C16H21N3O2/c1-12(13-3-5-14(20-2)6-4-13)19-11-18-9-15(19)16-10-17-7-8-21-16/h3-6,9,11-12,16-17H,7-8,10H2,1-2H3. The number of hydrogen-bond acceptors (Lipinski definition) is 4. The molecular formula is C16H21N3O2. The Morgan fingerprint density at radius 1 is 1.38 bits per heavy atom. The Kier molecular flexibility index (Phi) is 4.22. The van der Waals surface area contributed by atoms with Gasteiger partial charge >= 0.3 is 0 Å². The average Bonchev–Trinajstić information content (AvgIpc) is 3.04. The zero-order valence-electron chi connectivity index (χ0n) is 12.5. The SMILES string of the molecule is COc1ccc(C(C)n2cncc2C2CNCCO2)cc1. The summed E-state index contributed by atoms with van der Waals surface area (Å²) in [4.78, 5) is 4.31. The topological polar surface area (TPSA) is 48.3 Å². The van der Waals surface area contributed by atoms with E-state index < -0.39 is 0 Å². The predicted molar refractivity (Wildman–Crippen MR) is 80.6 cm³/mol. The quantitative estimate of drug-likeness (QED) is 0.936. The van der Waals surface area contributed by atoms with E-state index in [4.69, 9.17) is 9.47 Å². The molecule has 0 radical (unpaired) electrons. The summed E-state index contributed by atoms with van der Waals surface area (Å²) in [6.45, 7) is 4.66. The molecule has 3 rings (SSSR count). The van der Waals surface area contributed by atoms with Gasteiger partial charge < -0.3 is 19.4 Å². The van der Waals surface area contributed by atoms with Gasteiger partial charge in [-0.25, -0.2) is 4.98 Å². The van der Waals surface area contributed by atoms with Crippen molar-refractivity contribution in [2.75, 3.05) is 26.8 Å². The highest BCUT2D eigenvalue weighted by Crippen LogP contribution is 2.26.